The fourth-order valence-corrected chi connectivity index (χ4v) is 5.96. The van der Waals surface area contributed by atoms with Crippen molar-refractivity contribution in [1.82, 2.24) is 0 Å². The molecule has 0 unspecified atom stereocenters. The molecule has 0 aliphatic carbocycles. The summed E-state index contributed by atoms with van der Waals surface area (Å²) in [6.07, 6.45) is 0. The fraction of sp³-hybridized carbons (Fsp3) is 0. The highest BCUT2D eigenvalue weighted by Gasteiger charge is 2.15. The van der Waals surface area contributed by atoms with Crippen LogP contribution < -0.4 is 0 Å². The first-order valence-electron chi connectivity index (χ1n) is 11.2. The molecule has 0 aliphatic heterocycles. The molecule has 0 radical (unpaired) electrons. The maximum absolute atomic E-state index is 2.44. The van der Waals surface area contributed by atoms with Crippen molar-refractivity contribution < 1.29 is 0 Å². The number of fused-ring (bicyclic) bond motifs is 7. The Morgan fingerprint density at radius 3 is 1.16 bits per heavy atom. The Morgan fingerprint density at radius 2 is 0.656 bits per heavy atom. The predicted molar refractivity (Wildman–Crippen MR) is 140 cm³/mol. The lowest BCUT2D eigenvalue weighted by Crippen LogP contribution is -1.88. The van der Waals surface area contributed by atoms with Crippen molar-refractivity contribution in [2.75, 3.05) is 0 Å². The third-order valence-electron chi connectivity index (χ3n) is 7.30. The van der Waals surface area contributed by atoms with Crippen LogP contribution in [0, 0.1) is 0 Å². The van der Waals surface area contributed by atoms with Gasteiger partial charge in [0.05, 0.1) is 0 Å². The van der Waals surface area contributed by atoms with Gasteiger partial charge in [0, 0.05) is 0 Å². The molecule has 8 aromatic carbocycles. The zero-order chi connectivity index (χ0) is 20.8. The van der Waals surface area contributed by atoms with Crippen molar-refractivity contribution in [1.29, 1.82) is 0 Å². The molecule has 0 nitrogen and oxygen atoms in total. The summed E-state index contributed by atoms with van der Waals surface area (Å²) in [5, 5.41) is 18.7. The quantitative estimate of drug-likeness (QED) is 0.175. The van der Waals surface area contributed by atoms with Crippen LogP contribution in [-0.4, -0.2) is 0 Å². The van der Waals surface area contributed by atoms with E-state index in [1.807, 2.05) is 0 Å². The molecule has 146 valence electrons. The molecule has 8 rings (SSSR count). The highest BCUT2D eigenvalue weighted by Crippen LogP contribution is 2.43. The number of hydrogen-bond acceptors (Lipinski definition) is 0. The van der Waals surface area contributed by atoms with E-state index in [0.29, 0.717) is 0 Å². The first kappa shape index (κ1) is 16.5. The Labute approximate surface area is 184 Å². The maximum atomic E-state index is 2.44. The Morgan fingerprint density at radius 1 is 0.250 bits per heavy atom. The van der Waals surface area contributed by atoms with Gasteiger partial charge in [0.2, 0.25) is 0 Å². The van der Waals surface area contributed by atoms with Crippen molar-refractivity contribution in [3.63, 3.8) is 0 Å². The number of hydrogen-bond donors (Lipinski definition) is 0. The smallest absolute Gasteiger partial charge is 0.00259 e. The molecule has 0 spiro atoms. The molecule has 0 aliphatic rings. The molecule has 0 amide bonds. The lowest BCUT2D eigenvalue weighted by atomic mass is 9.87. The average Bonchev–Trinajstić information content (AvgIpc) is 2.85. The van der Waals surface area contributed by atoms with Gasteiger partial charge in [0.15, 0.2) is 0 Å². The second-order valence-corrected chi connectivity index (χ2v) is 8.95. The van der Waals surface area contributed by atoms with Gasteiger partial charge in [-0.1, -0.05) is 84.9 Å². The summed E-state index contributed by atoms with van der Waals surface area (Å²) in [6, 6.07) is 40.6. The normalized spacial score (nSPS) is 12.4. The van der Waals surface area contributed by atoms with Gasteiger partial charge in [-0.25, -0.2) is 0 Å². The van der Waals surface area contributed by atoms with Crippen LogP contribution in [0.5, 0.6) is 0 Å². The molecule has 0 N–H and O–H groups in total. The maximum Gasteiger partial charge on any atom is -0.00259 e. The van der Waals surface area contributed by atoms with E-state index in [4.69, 9.17) is 0 Å². The van der Waals surface area contributed by atoms with E-state index < -0.39 is 0 Å². The Bertz CT molecular complexity index is 1880. The summed E-state index contributed by atoms with van der Waals surface area (Å²) in [7, 11) is 0. The summed E-state index contributed by atoms with van der Waals surface area (Å²) in [4.78, 5) is 0. The fourth-order valence-electron chi connectivity index (χ4n) is 5.96. The summed E-state index contributed by atoms with van der Waals surface area (Å²) in [5.74, 6) is 0. The molecule has 0 saturated heterocycles. The summed E-state index contributed by atoms with van der Waals surface area (Å²) in [6.45, 7) is 0. The van der Waals surface area contributed by atoms with Crippen molar-refractivity contribution in [3.05, 3.63) is 109 Å². The van der Waals surface area contributed by atoms with Crippen LogP contribution in [-0.2, 0) is 0 Å². The van der Waals surface area contributed by atoms with Crippen LogP contribution in [0.4, 0.5) is 0 Å². The van der Waals surface area contributed by atoms with Crippen molar-refractivity contribution >= 4 is 75.4 Å². The lowest BCUT2D eigenvalue weighted by molar-refractivity contribution is 1.79. The van der Waals surface area contributed by atoms with Gasteiger partial charge >= 0.3 is 0 Å². The van der Waals surface area contributed by atoms with E-state index in [2.05, 4.69) is 109 Å². The van der Waals surface area contributed by atoms with E-state index in [1.54, 1.807) is 0 Å². The monoisotopic (exact) mass is 402 g/mol. The van der Waals surface area contributed by atoms with E-state index in [0.717, 1.165) is 0 Å². The molecule has 0 fully saturated rings. The van der Waals surface area contributed by atoms with Crippen molar-refractivity contribution in [3.8, 4) is 0 Å². The first-order chi connectivity index (χ1) is 15.9. The molecule has 0 saturated carbocycles. The van der Waals surface area contributed by atoms with Gasteiger partial charge in [-0.05, 0) is 99.7 Å². The minimum atomic E-state index is 1.30. The summed E-state index contributed by atoms with van der Waals surface area (Å²) in [5.41, 5.74) is 0. The third kappa shape index (κ3) is 1.98. The lowest BCUT2D eigenvalue weighted by Gasteiger charge is -2.16. The van der Waals surface area contributed by atoms with Crippen molar-refractivity contribution in [2.24, 2.45) is 0 Å². The number of benzene rings is 8. The Balaban J connectivity index is 1.74. The first-order valence-corrected chi connectivity index (χ1v) is 11.2. The van der Waals surface area contributed by atoms with Crippen molar-refractivity contribution in [2.45, 2.75) is 0 Å². The third-order valence-corrected chi connectivity index (χ3v) is 7.30. The van der Waals surface area contributed by atoms with Crippen LogP contribution in [0.2, 0.25) is 0 Å². The second kappa shape index (κ2) is 5.75. The molecule has 0 aromatic heterocycles. The van der Waals surface area contributed by atoms with Crippen LogP contribution in [0.15, 0.2) is 109 Å². The van der Waals surface area contributed by atoms with Crippen LogP contribution in [0.3, 0.4) is 0 Å². The van der Waals surface area contributed by atoms with E-state index >= 15 is 0 Å². The predicted octanol–water partition coefficient (Wildman–Crippen LogP) is 9.20. The van der Waals surface area contributed by atoms with E-state index in [-0.39, 0.29) is 0 Å². The highest BCUT2D eigenvalue weighted by molar-refractivity contribution is 6.35. The molecule has 0 heteroatoms. The van der Waals surface area contributed by atoms with E-state index in [9.17, 15) is 0 Å². The average molecular weight is 402 g/mol. The molecule has 0 heterocycles. The van der Waals surface area contributed by atoms with Gasteiger partial charge in [0.25, 0.3) is 0 Å². The van der Waals surface area contributed by atoms with Gasteiger partial charge in [0.1, 0.15) is 0 Å². The summed E-state index contributed by atoms with van der Waals surface area (Å²) >= 11 is 0. The minimum absolute atomic E-state index is 1.30. The highest BCUT2D eigenvalue weighted by atomic mass is 14.2. The summed E-state index contributed by atoms with van der Waals surface area (Å²) < 4.78 is 0. The van der Waals surface area contributed by atoms with Crippen LogP contribution >= 0.6 is 0 Å². The van der Waals surface area contributed by atoms with Crippen LogP contribution in [0.1, 0.15) is 0 Å². The molecule has 0 bridgehead atoms. The topological polar surface area (TPSA) is 0 Å². The standard InChI is InChI=1S/C32H18/c1-3-11-23-19(7-1)15-21-9-5-13-25-28-18-30-24-12-4-2-8-20(24)16-22-10-6-14-26(32(22)30)27(28)17-29(23)31(21)25/h1-18H. The Hall–Kier alpha value is -4.16. The van der Waals surface area contributed by atoms with Crippen LogP contribution in [0.25, 0.3) is 75.4 Å². The molecular formula is C32H18. The molecule has 0 atom stereocenters. The zero-order valence-electron chi connectivity index (χ0n) is 17.4. The van der Waals surface area contributed by atoms with E-state index in [1.165, 1.54) is 75.4 Å². The van der Waals surface area contributed by atoms with Gasteiger partial charge < -0.3 is 0 Å². The van der Waals surface area contributed by atoms with Gasteiger partial charge in [-0.3, -0.25) is 0 Å². The molecule has 32 heavy (non-hydrogen) atoms. The Kier molecular flexibility index (Phi) is 2.97. The largest absolute Gasteiger partial charge is 0.0616 e. The SMILES string of the molecule is c1ccc2c(c1)cc1cccc3c4cc5c6ccccc6cc6cccc(c4cc2c13)c65. The van der Waals surface area contributed by atoms with Gasteiger partial charge in [-0.15, -0.1) is 0 Å². The zero-order valence-corrected chi connectivity index (χ0v) is 17.4. The minimum Gasteiger partial charge on any atom is -0.0616 e. The second-order valence-electron chi connectivity index (χ2n) is 8.95. The number of rotatable bonds is 0. The molecule has 8 aromatic rings. The van der Waals surface area contributed by atoms with Gasteiger partial charge in [-0.2, -0.15) is 0 Å². The molecular weight excluding hydrogens is 384 g/mol.